The third-order valence-electron chi connectivity index (χ3n) is 6.00. The molecule has 1 aromatic carbocycles. The first-order valence-electron chi connectivity index (χ1n) is 10.0. The van der Waals surface area contributed by atoms with Crippen LogP contribution in [0.5, 0.6) is 0 Å². The van der Waals surface area contributed by atoms with E-state index in [9.17, 15) is 4.79 Å². The Morgan fingerprint density at radius 2 is 1.81 bits per heavy atom. The van der Waals surface area contributed by atoms with Gasteiger partial charge in [0.1, 0.15) is 0 Å². The number of hydrogen-bond donors (Lipinski definition) is 1. The van der Waals surface area contributed by atoms with Gasteiger partial charge in [0.15, 0.2) is 0 Å². The second kappa shape index (κ2) is 9.72. The maximum Gasteiger partial charge on any atom is 0.223 e. The van der Waals surface area contributed by atoms with Crippen molar-refractivity contribution in [3.05, 3.63) is 34.9 Å². The molecule has 2 aliphatic heterocycles. The highest BCUT2D eigenvalue weighted by Gasteiger charge is 2.25. The van der Waals surface area contributed by atoms with Gasteiger partial charge in [-0.1, -0.05) is 29.8 Å². The van der Waals surface area contributed by atoms with Gasteiger partial charge in [0.05, 0.1) is 0 Å². The van der Waals surface area contributed by atoms with Gasteiger partial charge in [-0.05, 0) is 82.9 Å². The van der Waals surface area contributed by atoms with Gasteiger partial charge in [0.25, 0.3) is 0 Å². The zero-order valence-corrected chi connectivity index (χ0v) is 16.7. The molecule has 0 atom stereocenters. The maximum absolute atomic E-state index is 12.5. The molecule has 2 aliphatic rings. The summed E-state index contributed by atoms with van der Waals surface area (Å²) < 4.78 is 0. The summed E-state index contributed by atoms with van der Waals surface area (Å²) in [6.07, 6.45) is 5.57. The van der Waals surface area contributed by atoms with Crippen LogP contribution in [0.3, 0.4) is 0 Å². The van der Waals surface area contributed by atoms with Gasteiger partial charge in [0.2, 0.25) is 5.91 Å². The summed E-state index contributed by atoms with van der Waals surface area (Å²) in [6.45, 7) is 6.05. The van der Waals surface area contributed by atoms with Crippen LogP contribution < -0.4 is 5.32 Å². The Bertz CT molecular complexity index is 578. The van der Waals surface area contributed by atoms with Gasteiger partial charge >= 0.3 is 0 Å². The number of nitrogens with zero attached hydrogens (tertiary/aromatic N) is 2. The molecule has 0 saturated carbocycles. The van der Waals surface area contributed by atoms with E-state index in [1.165, 1.54) is 31.5 Å². The number of benzene rings is 1. The highest BCUT2D eigenvalue weighted by molar-refractivity contribution is 6.31. The van der Waals surface area contributed by atoms with E-state index < -0.39 is 0 Å². The average molecular weight is 378 g/mol. The number of likely N-dealkylation sites (tertiary alicyclic amines) is 2. The van der Waals surface area contributed by atoms with Crippen LogP contribution in [-0.4, -0.2) is 55.5 Å². The smallest absolute Gasteiger partial charge is 0.223 e. The molecule has 2 heterocycles. The quantitative estimate of drug-likeness (QED) is 0.825. The molecule has 144 valence electrons. The highest BCUT2D eigenvalue weighted by atomic mass is 35.5. The number of amides is 1. The number of rotatable bonds is 6. The van der Waals surface area contributed by atoms with Crippen molar-refractivity contribution in [2.45, 2.75) is 38.6 Å². The van der Waals surface area contributed by atoms with Crippen molar-refractivity contribution in [2.24, 2.45) is 11.8 Å². The first-order valence-corrected chi connectivity index (χ1v) is 10.4. The van der Waals surface area contributed by atoms with Crippen molar-refractivity contribution >= 4 is 17.5 Å². The second-order valence-electron chi connectivity index (χ2n) is 7.97. The number of hydrogen-bond acceptors (Lipinski definition) is 3. The van der Waals surface area contributed by atoms with Crippen LogP contribution in [0.2, 0.25) is 5.02 Å². The number of piperidine rings is 2. The fourth-order valence-corrected chi connectivity index (χ4v) is 4.31. The van der Waals surface area contributed by atoms with Crippen molar-refractivity contribution in [3.8, 4) is 0 Å². The Morgan fingerprint density at radius 3 is 2.50 bits per heavy atom. The van der Waals surface area contributed by atoms with Crippen molar-refractivity contribution in [1.82, 2.24) is 15.1 Å². The summed E-state index contributed by atoms with van der Waals surface area (Å²) in [5.74, 6) is 1.22. The third-order valence-corrected chi connectivity index (χ3v) is 6.37. The summed E-state index contributed by atoms with van der Waals surface area (Å²) in [7, 11) is 2.19. The van der Waals surface area contributed by atoms with E-state index in [2.05, 4.69) is 28.2 Å². The van der Waals surface area contributed by atoms with E-state index in [0.29, 0.717) is 0 Å². The molecule has 4 nitrogen and oxygen atoms in total. The zero-order chi connectivity index (χ0) is 18.4. The predicted molar refractivity (Wildman–Crippen MR) is 107 cm³/mol. The Morgan fingerprint density at radius 1 is 1.12 bits per heavy atom. The monoisotopic (exact) mass is 377 g/mol. The molecule has 0 spiro atoms. The molecular weight excluding hydrogens is 346 g/mol. The van der Waals surface area contributed by atoms with Crippen LogP contribution in [0.25, 0.3) is 0 Å². The molecule has 0 aromatic heterocycles. The number of carbonyl (C=O) groups excluding carboxylic acids is 1. The molecule has 2 saturated heterocycles. The summed E-state index contributed by atoms with van der Waals surface area (Å²) in [5, 5.41) is 4.03. The van der Waals surface area contributed by atoms with E-state index in [4.69, 9.17) is 11.6 Å². The summed E-state index contributed by atoms with van der Waals surface area (Å²) >= 11 is 6.26. The predicted octanol–water partition coefficient (Wildman–Crippen LogP) is 3.40. The van der Waals surface area contributed by atoms with Crippen molar-refractivity contribution in [3.63, 3.8) is 0 Å². The lowest BCUT2D eigenvalue weighted by Crippen LogP contribution is -2.41. The van der Waals surface area contributed by atoms with E-state index in [-0.39, 0.29) is 11.8 Å². The van der Waals surface area contributed by atoms with Gasteiger partial charge in [0, 0.05) is 24.0 Å². The van der Waals surface area contributed by atoms with Crippen molar-refractivity contribution in [1.29, 1.82) is 0 Å². The minimum atomic E-state index is 0.176. The first kappa shape index (κ1) is 19.7. The molecule has 2 fully saturated rings. The normalized spacial score (nSPS) is 21.0. The van der Waals surface area contributed by atoms with Crippen LogP contribution >= 0.6 is 11.6 Å². The molecule has 0 radical (unpaired) electrons. The van der Waals surface area contributed by atoms with Crippen LogP contribution in [0.15, 0.2) is 24.3 Å². The third kappa shape index (κ3) is 5.70. The molecular formula is C21H32ClN3O. The average Bonchev–Trinajstić information content (AvgIpc) is 2.66. The second-order valence-corrected chi connectivity index (χ2v) is 8.38. The van der Waals surface area contributed by atoms with Crippen molar-refractivity contribution < 1.29 is 4.79 Å². The van der Waals surface area contributed by atoms with Crippen LogP contribution in [0.1, 0.15) is 37.7 Å². The SMILES string of the molecule is CN1CCC(CCNC(=O)C2CCN(Cc3ccccc3Cl)CC2)CC1. The largest absolute Gasteiger partial charge is 0.356 e. The molecule has 26 heavy (non-hydrogen) atoms. The highest BCUT2D eigenvalue weighted by Crippen LogP contribution is 2.23. The van der Waals surface area contributed by atoms with E-state index in [1.807, 2.05) is 18.2 Å². The topological polar surface area (TPSA) is 35.6 Å². The molecule has 0 unspecified atom stereocenters. The molecule has 3 rings (SSSR count). The summed E-state index contributed by atoms with van der Waals surface area (Å²) in [6, 6.07) is 8.03. The Labute approximate surface area is 162 Å². The number of halogens is 1. The summed E-state index contributed by atoms with van der Waals surface area (Å²) in [5.41, 5.74) is 1.18. The zero-order valence-electron chi connectivity index (χ0n) is 15.9. The molecule has 1 aromatic rings. The number of nitrogens with one attached hydrogen (secondary N) is 1. The Balaban J connectivity index is 1.34. The minimum absolute atomic E-state index is 0.176. The lowest BCUT2D eigenvalue weighted by Gasteiger charge is -2.32. The van der Waals surface area contributed by atoms with Crippen molar-refractivity contribution in [2.75, 3.05) is 39.8 Å². The van der Waals surface area contributed by atoms with E-state index >= 15 is 0 Å². The van der Waals surface area contributed by atoms with Crippen LogP contribution in [-0.2, 0) is 11.3 Å². The fourth-order valence-electron chi connectivity index (χ4n) is 4.12. The Hall–Kier alpha value is -1.10. The lowest BCUT2D eigenvalue weighted by molar-refractivity contribution is -0.126. The van der Waals surface area contributed by atoms with Crippen LogP contribution in [0, 0.1) is 11.8 Å². The van der Waals surface area contributed by atoms with Crippen LogP contribution in [0.4, 0.5) is 0 Å². The fraction of sp³-hybridized carbons (Fsp3) is 0.667. The number of carbonyl (C=O) groups is 1. The van der Waals surface area contributed by atoms with Gasteiger partial charge < -0.3 is 10.2 Å². The van der Waals surface area contributed by atoms with Gasteiger partial charge in [-0.25, -0.2) is 0 Å². The lowest BCUT2D eigenvalue weighted by atomic mass is 9.93. The molecule has 5 heteroatoms. The van der Waals surface area contributed by atoms with E-state index in [0.717, 1.165) is 56.4 Å². The molecule has 0 aliphatic carbocycles. The van der Waals surface area contributed by atoms with Gasteiger partial charge in [-0.2, -0.15) is 0 Å². The maximum atomic E-state index is 12.5. The first-order chi connectivity index (χ1) is 12.6. The standard InChI is InChI=1S/C21H32ClN3O/c1-24-12-7-17(8-13-24)6-11-23-21(26)18-9-14-25(15-10-18)16-19-4-2-3-5-20(19)22/h2-5,17-18H,6-16H2,1H3,(H,23,26). The summed E-state index contributed by atoms with van der Waals surface area (Å²) in [4.78, 5) is 17.3. The minimum Gasteiger partial charge on any atom is -0.356 e. The molecule has 1 amide bonds. The van der Waals surface area contributed by atoms with E-state index in [1.54, 1.807) is 0 Å². The van der Waals surface area contributed by atoms with Gasteiger partial charge in [-0.3, -0.25) is 9.69 Å². The molecule has 0 bridgehead atoms. The Kier molecular flexibility index (Phi) is 7.35. The molecule has 1 N–H and O–H groups in total. The van der Waals surface area contributed by atoms with Gasteiger partial charge in [-0.15, -0.1) is 0 Å².